The Balaban J connectivity index is 1.93. The average molecular weight is 275 g/mol. The number of carbonyl (C=O) groups excluding carboxylic acids is 1. The summed E-state index contributed by atoms with van der Waals surface area (Å²) < 4.78 is 5.67. The number of benzene rings is 1. The Morgan fingerprint density at radius 1 is 1.40 bits per heavy atom. The van der Waals surface area contributed by atoms with E-state index in [1.165, 1.54) is 0 Å². The molecule has 0 radical (unpaired) electrons. The number of aliphatic carboxylic acids is 1. The number of carboxylic acids is 1. The summed E-state index contributed by atoms with van der Waals surface area (Å²) in [4.78, 5) is 22.9. The van der Waals surface area contributed by atoms with Gasteiger partial charge in [0.25, 0.3) is 5.91 Å². The second-order valence-electron chi connectivity index (χ2n) is 6.13. The van der Waals surface area contributed by atoms with Gasteiger partial charge in [-0.3, -0.25) is 9.59 Å². The Morgan fingerprint density at radius 2 is 2.10 bits per heavy atom. The first-order valence-electron chi connectivity index (χ1n) is 6.69. The molecule has 20 heavy (non-hydrogen) atoms. The van der Waals surface area contributed by atoms with Gasteiger partial charge in [-0.1, -0.05) is 6.07 Å². The van der Waals surface area contributed by atoms with E-state index in [2.05, 4.69) is 5.32 Å². The Morgan fingerprint density at radius 3 is 2.70 bits per heavy atom. The van der Waals surface area contributed by atoms with E-state index in [1.54, 1.807) is 13.8 Å². The zero-order valence-corrected chi connectivity index (χ0v) is 11.5. The van der Waals surface area contributed by atoms with Gasteiger partial charge < -0.3 is 15.2 Å². The Kier molecular flexibility index (Phi) is 2.58. The van der Waals surface area contributed by atoms with Crippen LogP contribution in [-0.4, -0.2) is 22.6 Å². The third-order valence-corrected chi connectivity index (χ3v) is 4.10. The second-order valence-corrected chi connectivity index (χ2v) is 6.13. The molecule has 1 aromatic rings. The number of hydrogen-bond acceptors (Lipinski definition) is 3. The Hall–Kier alpha value is -2.04. The van der Waals surface area contributed by atoms with Gasteiger partial charge in [-0.2, -0.15) is 0 Å². The Bertz CT molecular complexity index is 602. The highest BCUT2D eigenvalue weighted by Crippen LogP contribution is 2.52. The van der Waals surface area contributed by atoms with Crippen molar-refractivity contribution in [2.45, 2.75) is 44.1 Å². The smallest absolute Gasteiger partial charge is 0.304 e. The molecule has 1 aromatic carbocycles. The molecule has 0 bridgehead atoms. The number of hydrogen-bond donors (Lipinski definition) is 2. The van der Waals surface area contributed by atoms with Gasteiger partial charge in [0, 0.05) is 5.41 Å². The molecule has 1 saturated carbocycles. The molecule has 1 aliphatic carbocycles. The van der Waals surface area contributed by atoms with Gasteiger partial charge in [0.15, 0.2) is 5.60 Å². The number of anilines is 1. The van der Waals surface area contributed by atoms with Gasteiger partial charge in [0.1, 0.15) is 5.75 Å². The molecular weight excluding hydrogens is 258 g/mol. The molecule has 3 rings (SSSR count). The van der Waals surface area contributed by atoms with Crippen molar-refractivity contribution in [3.63, 3.8) is 0 Å². The van der Waals surface area contributed by atoms with Gasteiger partial charge in [0.2, 0.25) is 0 Å². The molecule has 2 aliphatic rings. The molecule has 0 saturated heterocycles. The molecule has 5 heteroatoms. The van der Waals surface area contributed by atoms with Crippen LogP contribution in [0.5, 0.6) is 5.75 Å². The molecular formula is C15H17NO4. The topological polar surface area (TPSA) is 75.6 Å². The number of fused-ring (bicyclic) bond motifs is 1. The average Bonchev–Trinajstić information content (AvgIpc) is 3.09. The number of rotatable bonds is 3. The number of amides is 1. The van der Waals surface area contributed by atoms with E-state index in [4.69, 9.17) is 9.84 Å². The maximum absolute atomic E-state index is 11.9. The van der Waals surface area contributed by atoms with Crippen molar-refractivity contribution in [1.82, 2.24) is 0 Å². The van der Waals surface area contributed by atoms with Gasteiger partial charge in [-0.15, -0.1) is 0 Å². The largest absolute Gasteiger partial charge is 0.481 e. The number of carbonyl (C=O) groups is 2. The van der Waals surface area contributed by atoms with Crippen molar-refractivity contribution >= 4 is 17.6 Å². The first kappa shape index (κ1) is 13.0. The van der Waals surface area contributed by atoms with Gasteiger partial charge in [-0.05, 0) is 44.4 Å². The van der Waals surface area contributed by atoms with Crippen LogP contribution >= 0.6 is 0 Å². The number of carboxylic acid groups (broad SMARTS) is 1. The molecule has 0 spiro atoms. The zero-order valence-electron chi connectivity index (χ0n) is 11.5. The monoisotopic (exact) mass is 275 g/mol. The normalized spacial score (nSPS) is 21.4. The molecule has 106 valence electrons. The van der Waals surface area contributed by atoms with Crippen LogP contribution in [-0.2, 0) is 15.0 Å². The van der Waals surface area contributed by atoms with Crippen LogP contribution in [0.2, 0.25) is 0 Å². The number of nitrogens with one attached hydrogen (secondary N) is 1. The molecule has 1 amide bonds. The predicted octanol–water partition coefficient (Wildman–Crippen LogP) is 2.30. The first-order chi connectivity index (χ1) is 9.32. The summed E-state index contributed by atoms with van der Waals surface area (Å²) in [6.07, 6.45) is 1.88. The van der Waals surface area contributed by atoms with Gasteiger partial charge in [0.05, 0.1) is 12.1 Å². The summed E-state index contributed by atoms with van der Waals surface area (Å²) in [6.45, 7) is 3.43. The van der Waals surface area contributed by atoms with Crippen molar-refractivity contribution in [3.8, 4) is 5.75 Å². The molecule has 0 atom stereocenters. The van der Waals surface area contributed by atoms with Crippen LogP contribution in [0, 0.1) is 0 Å². The highest BCUT2D eigenvalue weighted by atomic mass is 16.5. The zero-order chi connectivity index (χ0) is 14.5. The van der Waals surface area contributed by atoms with E-state index >= 15 is 0 Å². The van der Waals surface area contributed by atoms with Crippen LogP contribution in [0.25, 0.3) is 0 Å². The summed E-state index contributed by atoms with van der Waals surface area (Å²) in [5, 5.41) is 11.8. The van der Waals surface area contributed by atoms with Crippen LogP contribution in [0.3, 0.4) is 0 Å². The SMILES string of the molecule is CC1(C)Oc2ccc(C3(CC(=O)O)CC3)cc2NC1=O. The lowest BCUT2D eigenvalue weighted by Crippen LogP contribution is -2.45. The van der Waals surface area contributed by atoms with Crippen LogP contribution < -0.4 is 10.1 Å². The molecule has 1 fully saturated rings. The molecule has 1 heterocycles. The lowest BCUT2D eigenvalue weighted by Gasteiger charge is -2.32. The fourth-order valence-electron chi connectivity index (χ4n) is 2.65. The van der Waals surface area contributed by atoms with Crippen LogP contribution in [0.15, 0.2) is 18.2 Å². The predicted molar refractivity (Wildman–Crippen MR) is 72.9 cm³/mol. The minimum absolute atomic E-state index is 0.131. The van der Waals surface area contributed by atoms with Crippen molar-refractivity contribution in [3.05, 3.63) is 23.8 Å². The minimum atomic E-state index is -0.882. The molecule has 5 nitrogen and oxygen atoms in total. The van der Waals surface area contributed by atoms with Crippen molar-refractivity contribution in [1.29, 1.82) is 0 Å². The molecule has 2 N–H and O–H groups in total. The lowest BCUT2D eigenvalue weighted by molar-refractivity contribution is -0.137. The van der Waals surface area contributed by atoms with E-state index in [0.29, 0.717) is 11.4 Å². The third kappa shape index (κ3) is 2.03. The highest BCUT2D eigenvalue weighted by molar-refractivity contribution is 6.00. The van der Waals surface area contributed by atoms with Crippen LogP contribution in [0.4, 0.5) is 5.69 Å². The highest BCUT2D eigenvalue weighted by Gasteiger charge is 2.46. The van der Waals surface area contributed by atoms with E-state index in [0.717, 1.165) is 18.4 Å². The van der Waals surface area contributed by atoms with E-state index in [-0.39, 0.29) is 17.7 Å². The van der Waals surface area contributed by atoms with Crippen molar-refractivity contribution in [2.24, 2.45) is 0 Å². The Labute approximate surface area is 116 Å². The molecule has 0 aromatic heterocycles. The summed E-state index contributed by atoms with van der Waals surface area (Å²) >= 11 is 0. The minimum Gasteiger partial charge on any atom is -0.481 e. The van der Waals surface area contributed by atoms with E-state index < -0.39 is 11.6 Å². The maximum Gasteiger partial charge on any atom is 0.304 e. The first-order valence-corrected chi connectivity index (χ1v) is 6.69. The van der Waals surface area contributed by atoms with E-state index in [9.17, 15) is 9.59 Å². The quantitative estimate of drug-likeness (QED) is 0.887. The summed E-state index contributed by atoms with van der Waals surface area (Å²) in [7, 11) is 0. The van der Waals surface area contributed by atoms with Gasteiger partial charge >= 0.3 is 5.97 Å². The fraction of sp³-hybridized carbons (Fsp3) is 0.467. The van der Waals surface area contributed by atoms with Crippen LogP contribution in [0.1, 0.15) is 38.7 Å². The van der Waals surface area contributed by atoms with Gasteiger partial charge in [-0.25, -0.2) is 0 Å². The summed E-state index contributed by atoms with van der Waals surface area (Å²) in [6, 6.07) is 5.56. The summed E-state index contributed by atoms with van der Waals surface area (Å²) in [5.41, 5.74) is 0.441. The third-order valence-electron chi connectivity index (χ3n) is 4.10. The van der Waals surface area contributed by atoms with Crippen molar-refractivity contribution in [2.75, 3.05) is 5.32 Å². The second kappa shape index (κ2) is 3.98. The summed E-state index contributed by atoms with van der Waals surface area (Å²) in [5.74, 6) is -0.351. The lowest BCUT2D eigenvalue weighted by atomic mass is 9.91. The van der Waals surface area contributed by atoms with Crippen molar-refractivity contribution < 1.29 is 19.4 Å². The molecule has 1 aliphatic heterocycles. The maximum atomic E-state index is 11.9. The molecule has 0 unspecified atom stereocenters. The fourth-order valence-corrected chi connectivity index (χ4v) is 2.65. The number of ether oxygens (including phenoxy) is 1. The standard InChI is InChI=1S/C15H17NO4/c1-14(2)13(19)16-10-7-9(3-4-11(10)20-14)15(5-6-15)8-12(17)18/h3-4,7H,5-6,8H2,1-2H3,(H,16,19)(H,17,18). The van der Waals surface area contributed by atoms with E-state index in [1.807, 2.05) is 18.2 Å².